The van der Waals surface area contributed by atoms with Gasteiger partial charge in [-0.05, 0) is 31.6 Å². The van der Waals surface area contributed by atoms with Crippen molar-refractivity contribution >= 4 is 11.9 Å². The molecule has 0 bridgehead atoms. The highest BCUT2D eigenvalue weighted by Gasteiger charge is 2.28. The molecule has 5 nitrogen and oxygen atoms in total. The lowest BCUT2D eigenvalue weighted by Crippen LogP contribution is -2.33. The van der Waals surface area contributed by atoms with Gasteiger partial charge < -0.3 is 14.7 Å². The van der Waals surface area contributed by atoms with Crippen LogP contribution in [0.2, 0.25) is 0 Å². The lowest BCUT2D eigenvalue weighted by Gasteiger charge is -2.23. The molecule has 1 saturated heterocycles. The molecule has 3 atom stereocenters. The monoisotopic (exact) mass is 391 g/mol. The number of amides is 1. The van der Waals surface area contributed by atoms with Crippen LogP contribution in [0.25, 0.3) is 0 Å². The molecule has 0 aromatic carbocycles. The predicted molar refractivity (Wildman–Crippen MR) is 111 cm³/mol. The fraction of sp³-hybridized carbons (Fsp3) is 0.739. The largest absolute Gasteiger partial charge is 0.469 e. The summed E-state index contributed by atoms with van der Waals surface area (Å²) in [6, 6.07) is 0.0793. The molecular weight excluding hydrogens is 354 g/mol. The van der Waals surface area contributed by atoms with E-state index in [1.54, 1.807) is 0 Å². The Balaban J connectivity index is 2.36. The Hall–Kier alpha value is -1.80. The fourth-order valence-corrected chi connectivity index (χ4v) is 3.25. The van der Waals surface area contributed by atoms with Gasteiger partial charge >= 0.3 is 5.97 Å². The molecule has 0 aromatic rings. The Bertz CT molecular complexity index is 561. The molecule has 1 aliphatic heterocycles. The Morgan fingerprint density at radius 2 is 2.07 bits per heavy atom. The molecule has 0 saturated carbocycles. The van der Waals surface area contributed by atoms with Crippen LogP contribution < -0.4 is 0 Å². The van der Waals surface area contributed by atoms with Crippen LogP contribution in [0.1, 0.15) is 78.1 Å². The van der Waals surface area contributed by atoms with Crippen LogP contribution in [0.4, 0.5) is 0 Å². The predicted octanol–water partition coefficient (Wildman–Crippen LogP) is 3.85. The molecule has 1 amide bonds. The number of unbranched alkanes of at least 4 members (excludes halogenated alkanes) is 4. The van der Waals surface area contributed by atoms with Gasteiger partial charge in [-0.15, -0.1) is 11.8 Å². The second kappa shape index (κ2) is 14.2. The normalized spacial score (nSPS) is 18.8. The Labute approximate surface area is 170 Å². The van der Waals surface area contributed by atoms with Crippen LogP contribution in [0, 0.1) is 17.8 Å². The first kappa shape index (κ1) is 24.2. The number of carbonyl (C=O) groups is 2. The third-order valence-electron chi connectivity index (χ3n) is 5.17. The number of esters is 1. The Morgan fingerprint density at radius 3 is 2.79 bits per heavy atom. The number of carbonyl (C=O) groups excluding carboxylic acids is 2. The molecule has 1 fully saturated rings. The van der Waals surface area contributed by atoms with Crippen LogP contribution >= 0.6 is 0 Å². The van der Waals surface area contributed by atoms with Crippen molar-refractivity contribution in [3.8, 4) is 11.8 Å². The summed E-state index contributed by atoms with van der Waals surface area (Å²) in [5, 5.41) is 10.3. The number of nitrogens with zero attached hydrogens (tertiary/aromatic N) is 1. The van der Waals surface area contributed by atoms with Gasteiger partial charge in [-0.2, -0.15) is 0 Å². The van der Waals surface area contributed by atoms with Gasteiger partial charge in [0.2, 0.25) is 5.91 Å². The van der Waals surface area contributed by atoms with Crippen LogP contribution in [0.3, 0.4) is 0 Å². The van der Waals surface area contributed by atoms with Crippen molar-refractivity contribution in [2.75, 3.05) is 13.7 Å². The second-order valence-corrected chi connectivity index (χ2v) is 7.59. The summed E-state index contributed by atoms with van der Waals surface area (Å²) in [5.74, 6) is 6.36. The molecule has 0 spiro atoms. The van der Waals surface area contributed by atoms with E-state index in [-0.39, 0.29) is 23.8 Å². The molecule has 0 aliphatic carbocycles. The van der Waals surface area contributed by atoms with Crippen molar-refractivity contribution in [2.45, 2.75) is 90.2 Å². The molecular formula is C23H37NO4. The van der Waals surface area contributed by atoms with E-state index in [0.29, 0.717) is 19.3 Å². The number of hydrogen-bond donors (Lipinski definition) is 1. The maximum absolute atomic E-state index is 12.2. The van der Waals surface area contributed by atoms with Crippen molar-refractivity contribution in [3.63, 3.8) is 0 Å². The summed E-state index contributed by atoms with van der Waals surface area (Å²) in [7, 11) is 1.41. The maximum atomic E-state index is 12.2. The zero-order chi connectivity index (χ0) is 20.8. The van der Waals surface area contributed by atoms with Crippen LogP contribution in [0.15, 0.2) is 12.2 Å². The highest BCUT2D eigenvalue weighted by atomic mass is 16.5. The first-order valence-corrected chi connectivity index (χ1v) is 10.7. The molecule has 1 rings (SSSR count). The molecule has 0 unspecified atom stereocenters. The molecule has 158 valence electrons. The zero-order valence-corrected chi connectivity index (χ0v) is 17.8. The molecule has 1 aliphatic rings. The van der Waals surface area contributed by atoms with Crippen LogP contribution in [-0.4, -0.2) is 47.7 Å². The first-order valence-electron chi connectivity index (χ1n) is 10.7. The summed E-state index contributed by atoms with van der Waals surface area (Å²) < 4.78 is 4.63. The van der Waals surface area contributed by atoms with E-state index >= 15 is 0 Å². The minimum atomic E-state index is -0.535. The summed E-state index contributed by atoms with van der Waals surface area (Å²) in [5.41, 5.74) is 0. The van der Waals surface area contributed by atoms with Crippen molar-refractivity contribution in [3.05, 3.63) is 12.2 Å². The SMILES string of the molecule is CCCC#CC[C@@H](C)[C@@H](O)C=C[C@H]1CCC(=O)N1CCCCCCC(=O)OC. The third-order valence-corrected chi connectivity index (χ3v) is 5.17. The lowest BCUT2D eigenvalue weighted by molar-refractivity contribution is -0.140. The standard InChI is InChI=1S/C23H37NO4/c1-4-5-6-9-12-19(2)21(25)16-14-20-15-17-22(26)24(20)18-11-8-7-10-13-23(27)28-3/h14,16,19-21,25H,4-5,7-8,10-13,15,17-18H2,1-3H3/t19-,20+,21+/m1/s1. The van der Waals surface area contributed by atoms with E-state index in [2.05, 4.69) is 23.5 Å². The second-order valence-electron chi connectivity index (χ2n) is 7.59. The molecule has 0 radical (unpaired) electrons. The average molecular weight is 392 g/mol. The topological polar surface area (TPSA) is 66.8 Å². The number of aliphatic hydroxyl groups excluding tert-OH is 1. The highest BCUT2D eigenvalue weighted by molar-refractivity contribution is 5.79. The summed E-state index contributed by atoms with van der Waals surface area (Å²) >= 11 is 0. The van der Waals surface area contributed by atoms with Gasteiger partial charge in [0, 0.05) is 32.2 Å². The number of methoxy groups -OCH3 is 1. The Kier molecular flexibility index (Phi) is 12.3. The number of ether oxygens (including phenoxy) is 1. The van der Waals surface area contributed by atoms with E-state index in [9.17, 15) is 14.7 Å². The zero-order valence-electron chi connectivity index (χ0n) is 17.8. The fourth-order valence-electron chi connectivity index (χ4n) is 3.25. The summed E-state index contributed by atoms with van der Waals surface area (Å²) in [6.45, 7) is 4.84. The van der Waals surface area contributed by atoms with Gasteiger partial charge in [0.15, 0.2) is 0 Å². The van der Waals surface area contributed by atoms with E-state index in [4.69, 9.17) is 0 Å². The van der Waals surface area contributed by atoms with Crippen molar-refractivity contribution in [1.29, 1.82) is 0 Å². The van der Waals surface area contributed by atoms with Crippen LogP contribution in [0.5, 0.6) is 0 Å². The van der Waals surface area contributed by atoms with Gasteiger partial charge in [0.05, 0.1) is 19.3 Å². The maximum Gasteiger partial charge on any atom is 0.305 e. The quantitative estimate of drug-likeness (QED) is 0.237. The van der Waals surface area contributed by atoms with Gasteiger partial charge in [-0.3, -0.25) is 9.59 Å². The lowest BCUT2D eigenvalue weighted by atomic mass is 9.99. The van der Waals surface area contributed by atoms with Crippen LogP contribution in [-0.2, 0) is 14.3 Å². The first-order chi connectivity index (χ1) is 13.5. The number of rotatable bonds is 12. The highest BCUT2D eigenvalue weighted by Crippen LogP contribution is 2.22. The van der Waals surface area contributed by atoms with Gasteiger partial charge in [0.1, 0.15) is 0 Å². The molecule has 1 heterocycles. The van der Waals surface area contributed by atoms with E-state index in [0.717, 1.165) is 51.5 Å². The van der Waals surface area contributed by atoms with Gasteiger partial charge in [0.25, 0.3) is 0 Å². The van der Waals surface area contributed by atoms with Crippen molar-refractivity contribution in [1.82, 2.24) is 4.90 Å². The van der Waals surface area contributed by atoms with Gasteiger partial charge in [-0.25, -0.2) is 0 Å². The average Bonchev–Trinajstić information content (AvgIpc) is 3.05. The van der Waals surface area contributed by atoms with Gasteiger partial charge in [-0.1, -0.05) is 38.8 Å². The minimum absolute atomic E-state index is 0.0793. The number of aliphatic hydroxyl groups is 1. The number of likely N-dealkylation sites (tertiary alicyclic amines) is 1. The Morgan fingerprint density at radius 1 is 1.32 bits per heavy atom. The molecule has 1 N–H and O–H groups in total. The van der Waals surface area contributed by atoms with E-state index < -0.39 is 6.10 Å². The van der Waals surface area contributed by atoms with Crippen molar-refractivity contribution < 1.29 is 19.4 Å². The third kappa shape index (κ3) is 9.41. The minimum Gasteiger partial charge on any atom is -0.469 e. The number of hydrogen-bond acceptors (Lipinski definition) is 4. The van der Waals surface area contributed by atoms with Crippen molar-refractivity contribution in [2.24, 2.45) is 5.92 Å². The summed E-state index contributed by atoms with van der Waals surface area (Å²) in [6.07, 6.45) is 11.5. The molecule has 5 heteroatoms. The van der Waals surface area contributed by atoms with E-state index in [1.165, 1.54) is 7.11 Å². The van der Waals surface area contributed by atoms with E-state index in [1.807, 2.05) is 24.0 Å². The smallest absolute Gasteiger partial charge is 0.305 e. The molecule has 28 heavy (non-hydrogen) atoms. The molecule has 0 aromatic heterocycles. The summed E-state index contributed by atoms with van der Waals surface area (Å²) in [4.78, 5) is 25.2.